The molecular formula is C24H31ClN4O3. The minimum absolute atomic E-state index is 0.0371. The van der Waals surface area contributed by atoms with E-state index in [2.05, 4.69) is 0 Å². The number of aryl methyl sites for hydroxylation is 1. The molecule has 7 nitrogen and oxygen atoms in total. The second-order valence-corrected chi connectivity index (χ2v) is 10.1. The molecule has 0 atom stereocenters. The Bertz CT molecular complexity index is 1090. The van der Waals surface area contributed by atoms with E-state index >= 15 is 0 Å². The van der Waals surface area contributed by atoms with E-state index in [0.717, 1.165) is 49.6 Å². The molecule has 8 heteroatoms. The third-order valence-corrected chi connectivity index (χ3v) is 7.89. The summed E-state index contributed by atoms with van der Waals surface area (Å²) in [6.07, 6.45) is 5.64. The Morgan fingerprint density at radius 1 is 0.906 bits per heavy atom. The number of rotatable bonds is 4. The number of hydrogen-bond acceptors (Lipinski definition) is 3. The second kappa shape index (κ2) is 8.58. The van der Waals surface area contributed by atoms with Crippen molar-refractivity contribution in [3.05, 3.63) is 33.7 Å². The summed E-state index contributed by atoms with van der Waals surface area (Å²) < 4.78 is 3.46. The SMILES string of the molecule is Cn1c(=O)n(CC2CCC(C(=O)N3CCN(C(=O)C4CC4)CC3)CC2)c2c(Cl)cccc21. The van der Waals surface area contributed by atoms with Crippen molar-refractivity contribution in [1.29, 1.82) is 0 Å². The van der Waals surface area contributed by atoms with Gasteiger partial charge in [0.25, 0.3) is 0 Å². The van der Waals surface area contributed by atoms with Crippen LogP contribution < -0.4 is 5.69 Å². The number of benzene rings is 1. The average Bonchev–Trinajstić information content (AvgIpc) is 3.64. The monoisotopic (exact) mass is 458 g/mol. The molecule has 0 unspecified atom stereocenters. The average molecular weight is 459 g/mol. The van der Waals surface area contributed by atoms with E-state index in [1.807, 2.05) is 28.0 Å². The highest BCUT2D eigenvalue weighted by molar-refractivity contribution is 6.35. The zero-order valence-electron chi connectivity index (χ0n) is 18.6. The van der Waals surface area contributed by atoms with Gasteiger partial charge in [-0.3, -0.25) is 18.7 Å². The molecule has 3 fully saturated rings. The quantitative estimate of drug-likeness (QED) is 0.707. The van der Waals surface area contributed by atoms with Crippen molar-refractivity contribution in [2.24, 2.45) is 24.8 Å². The molecule has 0 radical (unpaired) electrons. The highest BCUT2D eigenvalue weighted by atomic mass is 35.5. The molecule has 32 heavy (non-hydrogen) atoms. The van der Waals surface area contributed by atoms with Gasteiger partial charge in [0.1, 0.15) is 0 Å². The fourth-order valence-corrected chi connectivity index (χ4v) is 5.71. The van der Waals surface area contributed by atoms with Crippen LogP contribution in [0.2, 0.25) is 5.02 Å². The third kappa shape index (κ3) is 3.96. The summed E-state index contributed by atoms with van der Waals surface area (Å²) in [5.41, 5.74) is 1.62. The lowest BCUT2D eigenvalue weighted by atomic mass is 9.81. The minimum atomic E-state index is -0.0371. The molecule has 1 aromatic carbocycles. The Balaban J connectivity index is 1.17. The maximum atomic E-state index is 13.1. The maximum absolute atomic E-state index is 13.1. The molecule has 1 aromatic heterocycles. The van der Waals surface area contributed by atoms with Crippen LogP contribution in [0.4, 0.5) is 0 Å². The fourth-order valence-electron chi connectivity index (χ4n) is 5.44. The molecule has 1 saturated heterocycles. The molecule has 2 saturated carbocycles. The third-order valence-electron chi connectivity index (χ3n) is 7.58. The van der Waals surface area contributed by atoms with Crippen LogP contribution in [0.1, 0.15) is 38.5 Å². The van der Waals surface area contributed by atoms with Gasteiger partial charge in [0.2, 0.25) is 11.8 Å². The van der Waals surface area contributed by atoms with Gasteiger partial charge in [-0.15, -0.1) is 0 Å². The Labute approximate surface area is 192 Å². The van der Waals surface area contributed by atoms with Crippen molar-refractivity contribution in [2.75, 3.05) is 26.2 Å². The van der Waals surface area contributed by atoms with Crippen molar-refractivity contribution in [3.8, 4) is 0 Å². The molecule has 2 aromatic rings. The van der Waals surface area contributed by atoms with E-state index in [0.29, 0.717) is 43.7 Å². The lowest BCUT2D eigenvalue weighted by Crippen LogP contribution is -2.52. The first-order valence-electron chi connectivity index (χ1n) is 11.9. The van der Waals surface area contributed by atoms with Gasteiger partial charge in [-0.1, -0.05) is 17.7 Å². The van der Waals surface area contributed by atoms with Crippen molar-refractivity contribution in [3.63, 3.8) is 0 Å². The van der Waals surface area contributed by atoms with E-state index in [-0.39, 0.29) is 29.3 Å². The zero-order chi connectivity index (χ0) is 22.4. The summed E-state index contributed by atoms with van der Waals surface area (Å²) in [6, 6.07) is 5.62. The number of hydrogen-bond donors (Lipinski definition) is 0. The molecule has 172 valence electrons. The maximum Gasteiger partial charge on any atom is 0.328 e. The van der Waals surface area contributed by atoms with Gasteiger partial charge in [0, 0.05) is 51.6 Å². The number of carbonyl (C=O) groups excluding carboxylic acids is 2. The summed E-state index contributed by atoms with van der Waals surface area (Å²) in [6.45, 7) is 3.29. The highest BCUT2D eigenvalue weighted by Gasteiger charge is 2.36. The number of amides is 2. The van der Waals surface area contributed by atoms with Crippen LogP contribution in [-0.4, -0.2) is 56.9 Å². The number of para-hydroxylation sites is 1. The normalized spacial score (nSPS) is 24.2. The topological polar surface area (TPSA) is 67.6 Å². The van der Waals surface area contributed by atoms with Crippen LogP contribution in [0.25, 0.3) is 11.0 Å². The Morgan fingerprint density at radius 3 is 1.97 bits per heavy atom. The van der Waals surface area contributed by atoms with E-state index in [1.54, 1.807) is 16.2 Å². The van der Waals surface area contributed by atoms with Crippen molar-refractivity contribution in [1.82, 2.24) is 18.9 Å². The molecule has 2 heterocycles. The van der Waals surface area contributed by atoms with Crippen LogP contribution >= 0.6 is 11.6 Å². The highest BCUT2D eigenvalue weighted by Crippen LogP contribution is 2.34. The largest absolute Gasteiger partial charge is 0.339 e. The molecule has 1 aliphatic heterocycles. The van der Waals surface area contributed by atoms with Gasteiger partial charge >= 0.3 is 5.69 Å². The van der Waals surface area contributed by atoms with Gasteiger partial charge in [0.15, 0.2) is 0 Å². The summed E-state index contributed by atoms with van der Waals surface area (Å²) in [5.74, 6) is 1.20. The van der Waals surface area contributed by atoms with Crippen LogP contribution in [0.15, 0.2) is 23.0 Å². The van der Waals surface area contributed by atoms with Crippen LogP contribution in [0, 0.1) is 17.8 Å². The molecule has 5 rings (SSSR count). The number of piperazine rings is 1. The number of aromatic nitrogens is 2. The number of fused-ring (bicyclic) bond motifs is 1. The summed E-state index contributed by atoms with van der Waals surface area (Å²) in [4.78, 5) is 42.0. The predicted molar refractivity (Wildman–Crippen MR) is 124 cm³/mol. The van der Waals surface area contributed by atoms with Gasteiger partial charge in [-0.2, -0.15) is 0 Å². The fraction of sp³-hybridized carbons (Fsp3) is 0.625. The van der Waals surface area contributed by atoms with E-state index in [1.165, 1.54) is 0 Å². The summed E-state index contributed by atoms with van der Waals surface area (Å²) in [7, 11) is 1.78. The lowest BCUT2D eigenvalue weighted by molar-refractivity contribution is -0.143. The first-order chi connectivity index (χ1) is 15.4. The van der Waals surface area contributed by atoms with Crippen LogP contribution in [-0.2, 0) is 23.2 Å². The summed E-state index contributed by atoms with van der Waals surface area (Å²) >= 11 is 6.42. The van der Waals surface area contributed by atoms with E-state index in [4.69, 9.17) is 11.6 Å². The van der Waals surface area contributed by atoms with Crippen LogP contribution in [0.3, 0.4) is 0 Å². The van der Waals surface area contributed by atoms with Crippen LogP contribution in [0.5, 0.6) is 0 Å². The van der Waals surface area contributed by atoms with Gasteiger partial charge in [0.05, 0.1) is 16.1 Å². The van der Waals surface area contributed by atoms with Gasteiger partial charge in [-0.05, 0) is 56.6 Å². The van der Waals surface area contributed by atoms with Gasteiger partial charge in [-0.25, -0.2) is 4.79 Å². The molecule has 0 bridgehead atoms. The Morgan fingerprint density at radius 2 is 1.44 bits per heavy atom. The number of nitrogens with zero attached hydrogens (tertiary/aromatic N) is 4. The van der Waals surface area contributed by atoms with Gasteiger partial charge < -0.3 is 9.80 Å². The van der Waals surface area contributed by atoms with Crippen molar-refractivity contribution in [2.45, 2.75) is 45.1 Å². The standard InChI is InChI=1S/C24H31ClN4O3/c1-26-20-4-2-3-19(25)21(20)29(24(26)32)15-16-5-7-17(8-6-16)22(30)27-11-13-28(14-12-27)23(31)18-9-10-18/h2-4,16-18H,5-15H2,1H3. The number of halogens is 1. The van der Waals surface area contributed by atoms with Crippen molar-refractivity contribution >= 4 is 34.4 Å². The molecule has 0 N–H and O–H groups in total. The summed E-state index contributed by atoms with van der Waals surface area (Å²) in [5, 5.41) is 0.600. The first kappa shape index (κ1) is 21.6. The Kier molecular flexibility index (Phi) is 5.78. The van der Waals surface area contributed by atoms with E-state index in [9.17, 15) is 14.4 Å². The first-order valence-corrected chi connectivity index (χ1v) is 12.2. The van der Waals surface area contributed by atoms with Crippen molar-refractivity contribution < 1.29 is 9.59 Å². The molecule has 2 amide bonds. The number of imidazole rings is 1. The molecular weight excluding hydrogens is 428 g/mol. The Hall–Kier alpha value is -2.28. The minimum Gasteiger partial charge on any atom is -0.339 e. The van der Waals surface area contributed by atoms with E-state index < -0.39 is 0 Å². The second-order valence-electron chi connectivity index (χ2n) is 9.70. The molecule has 3 aliphatic rings. The zero-order valence-corrected chi connectivity index (χ0v) is 19.4. The predicted octanol–water partition coefficient (Wildman–Crippen LogP) is 2.88. The number of carbonyl (C=O) groups is 2. The molecule has 2 aliphatic carbocycles. The lowest BCUT2D eigenvalue weighted by Gasteiger charge is -2.38. The molecule has 0 spiro atoms. The smallest absolute Gasteiger partial charge is 0.328 e.